The second-order valence-electron chi connectivity index (χ2n) is 3.31. The molecule has 0 radical (unpaired) electrons. The topological polar surface area (TPSA) is 28.2 Å². The molecule has 0 amide bonds. The number of nitrogens with zero attached hydrogens (tertiary/aromatic N) is 2. The number of halogens is 1. The summed E-state index contributed by atoms with van der Waals surface area (Å²) in [6.45, 7) is 2.86. The molecule has 78 valence electrons. The van der Waals surface area contributed by atoms with Crippen molar-refractivity contribution in [1.82, 2.24) is 15.2 Å². The van der Waals surface area contributed by atoms with Crippen LogP contribution in [0.15, 0.2) is 18.3 Å². The number of rotatable bonds is 5. The number of hydrogen-bond donors (Lipinski definition) is 1. The number of likely N-dealkylation sites (N-methyl/N-ethyl adjacent to an activating group) is 2. The minimum Gasteiger partial charge on any atom is -0.318 e. The van der Waals surface area contributed by atoms with Crippen LogP contribution in [-0.2, 0) is 6.54 Å². The van der Waals surface area contributed by atoms with Crippen LogP contribution in [0.5, 0.6) is 0 Å². The van der Waals surface area contributed by atoms with Crippen LogP contribution in [0.1, 0.15) is 5.69 Å². The predicted octanol–water partition coefficient (Wildman–Crippen LogP) is 1.39. The SMILES string of the molecule is CNCCN(C)Cc1ccc(Cl)cn1. The highest BCUT2D eigenvalue weighted by Crippen LogP contribution is 2.07. The maximum absolute atomic E-state index is 5.75. The van der Waals surface area contributed by atoms with Crippen molar-refractivity contribution < 1.29 is 0 Å². The second kappa shape index (κ2) is 5.96. The average molecular weight is 214 g/mol. The minimum atomic E-state index is 0.687. The smallest absolute Gasteiger partial charge is 0.0589 e. The molecule has 0 fully saturated rings. The Balaban J connectivity index is 2.39. The van der Waals surface area contributed by atoms with Gasteiger partial charge in [0.1, 0.15) is 0 Å². The Bertz CT molecular complexity index is 261. The first-order valence-electron chi connectivity index (χ1n) is 4.66. The lowest BCUT2D eigenvalue weighted by molar-refractivity contribution is 0.324. The van der Waals surface area contributed by atoms with Crippen LogP contribution < -0.4 is 5.32 Å². The molecule has 1 heterocycles. The van der Waals surface area contributed by atoms with Crippen LogP contribution in [0.2, 0.25) is 5.02 Å². The van der Waals surface area contributed by atoms with Crippen LogP contribution >= 0.6 is 11.6 Å². The zero-order valence-corrected chi connectivity index (χ0v) is 9.38. The van der Waals surface area contributed by atoms with Gasteiger partial charge in [0.05, 0.1) is 10.7 Å². The first kappa shape index (κ1) is 11.4. The normalized spacial score (nSPS) is 10.9. The van der Waals surface area contributed by atoms with Gasteiger partial charge in [0.2, 0.25) is 0 Å². The van der Waals surface area contributed by atoms with E-state index >= 15 is 0 Å². The largest absolute Gasteiger partial charge is 0.318 e. The number of hydrogen-bond acceptors (Lipinski definition) is 3. The van der Waals surface area contributed by atoms with Gasteiger partial charge in [-0.25, -0.2) is 0 Å². The molecule has 1 rings (SSSR count). The van der Waals surface area contributed by atoms with Crippen molar-refractivity contribution in [3.05, 3.63) is 29.0 Å². The lowest BCUT2D eigenvalue weighted by Gasteiger charge is -2.15. The highest BCUT2D eigenvalue weighted by molar-refractivity contribution is 6.30. The molecule has 14 heavy (non-hydrogen) atoms. The van der Waals surface area contributed by atoms with E-state index < -0.39 is 0 Å². The average Bonchev–Trinajstić information content (AvgIpc) is 2.18. The maximum atomic E-state index is 5.75. The number of aromatic nitrogens is 1. The Morgan fingerprint density at radius 2 is 2.29 bits per heavy atom. The highest BCUT2D eigenvalue weighted by atomic mass is 35.5. The summed E-state index contributed by atoms with van der Waals surface area (Å²) in [7, 11) is 4.03. The molecule has 4 heteroatoms. The zero-order valence-electron chi connectivity index (χ0n) is 8.63. The predicted molar refractivity (Wildman–Crippen MR) is 59.5 cm³/mol. The summed E-state index contributed by atoms with van der Waals surface area (Å²) in [5.74, 6) is 0. The Labute approximate surface area is 90.1 Å². The van der Waals surface area contributed by atoms with E-state index in [1.165, 1.54) is 0 Å². The molecular weight excluding hydrogens is 198 g/mol. The summed E-state index contributed by atoms with van der Waals surface area (Å²) in [5, 5.41) is 3.80. The van der Waals surface area contributed by atoms with Gasteiger partial charge in [-0.3, -0.25) is 9.88 Å². The lowest BCUT2D eigenvalue weighted by Crippen LogP contribution is -2.27. The molecule has 0 saturated carbocycles. The van der Waals surface area contributed by atoms with Gasteiger partial charge in [0.25, 0.3) is 0 Å². The fourth-order valence-corrected chi connectivity index (χ4v) is 1.27. The van der Waals surface area contributed by atoms with E-state index in [0.29, 0.717) is 5.02 Å². The zero-order chi connectivity index (χ0) is 10.4. The third kappa shape index (κ3) is 4.05. The van der Waals surface area contributed by atoms with Crippen molar-refractivity contribution >= 4 is 11.6 Å². The van der Waals surface area contributed by atoms with Crippen LogP contribution in [0, 0.1) is 0 Å². The van der Waals surface area contributed by atoms with Crippen molar-refractivity contribution in [3.63, 3.8) is 0 Å². The monoisotopic (exact) mass is 213 g/mol. The van der Waals surface area contributed by atoms with Crippen LogP contribution in [0.4, 0.5) is 0 Å². The number of pyridine rings is 1. The van der Waals surface area contributed by atoms with Gasteiger partial charge in [0, 0.05) is 25.8 Å². The molecule has 3 nitrogen and oxygen atoms in total. The molecule has 0 aliphatic heterocycles. The second-order valence-corrected chi connectivity index (χ2v) is 3.75. The minimum absolute atomic E-state index is 0.687. The van der Waals surface area contributed by atoms with E-state index in [-0.39, 0.29) is 0 Å². The standard InChI is InChI=1S/C10H16ClN3/c1-12-5-6-14(2)8-10-4-3-9(11)7-13-10/h3-4,7,12H,5-6,8H2,1-2H3. The summed E-state index contributed by atoms with van der Waals surface area (Å²) in [4.78, 5) is 6.45. The van der Waals surface area contributed by atoms with Gasteiger partial charge in [-0.15, -0.1) is 0 Å². The highest BCUT2D eigenvalue weighted by Gasteiger charge is 2.00. The van der Waals surface area contributed by atoms with Gasteiger partial charge in [-0.2, -0.15) is 0 Å². The third-order valence-electron chi connectivity index (χ3n) is 1.96. The molecule has 1 aromatic rings. The summed E-state index contributed by atoms with van der Waals surface area (Å²) < 4.78 is 0. The van der Waals surface area contributed by atoms with Crippen LogP contribution in [0.25, 0.3) is 0 Å². The summed E-state index contributed by atoms with van der Waals surface area (Å²) in [5.41, 5.74) is 1.05. The van der Waals surface area contributed by atoms with Gasteiger partial charge in [-0.1, -0.05) is 11.6 Å². The van der Waals surface area contributed by atoms with E-state index in [1.807, 2.05) is 19.2 Å². The van der Waals surface area contributed by atoms with Crippen molar-refractivity contribution in [3.8, 4) is 0 Å². The van der Waals surface area contributed by atoms with Crippen molar-refractivity contribution in [1.29, 1.82) is 0 Å². The summed E-state index contributed by atoms with van der Waals surface area (Å²) in [6, 6.07) is 3.83. The van der Waals surface area contributed by atoms with Gasteiger partial charge in [-0.05, 0) is 26.2 Å². The first-order valence-corrected chi connectivity index (χ1v) is 5.03. The quantitative estimate of drug-likeness (QED) is 0.801. The molecule has 0 unspecified atom stereocenters. The fraction of sp³-hybridized carbons (Fsp3) is 0.500. The Morgan fingerprint density at radius 1 is 1.50 bits per heavy atom. The van der Waals surface area contributed by atoms with Gasteiger partial charge in [0.15, 0.2) is 0 Å². The number of nitrogens with one attached hydrogen (secondary N) is 1. The Morgan fingerprint density at radius 3 is 2.86 bits per heavy atom. The summed E-state index contributed by atoms with van der Waals surface area (Å²) in [6.07, 6.45) is 1.68. The van der Waals surface area contributed by atoms with Crippen molar-refractivity contribution in [2.24, 2.45) is 0 Å². The van der Waals surface area contributed by atoms with Crippen molar-refractivity contribution in [2.75, 3.05) is 27.2 Å². The fourth-order valence-electron chi connectivity index (χ4n) is 1.16. The van der Waals surface area contributed by atoms with Crippen LogP contribution in [-0.4, -0.2) is 37.1 Å². The lowest BCUT2D eigenvalue weighted by atomic mass is 10.3. The maximum Gasteiger partial charge on any atom is 0.0589 e. The van der Waals surface area contributed by atoms with E-state index in [0.717, 1.165) is 25.3 Å². The Hall–Kier alpha value is -0.640. The molecule has 0 saturated heterocycles. The first-order chi connectivity index (χ1) is 6.72. The molecule has 0 bridgehead atoms. The molecule has 1 aromatic heterocycles. The molecule has 0 aromatic carbocycles. The molecule has 0 spiro atoms. The van der Waals surface area contributed by atoms with E-state index in [9.17, 15) is 0 Å². The molecule has 0 atom stereocenters. The van der Waals surface area contributed by atoms with Gasteiger partial charge < -0.3 is 5.32 Å². The third-order valence-corrected chi connectivity index (χ3v) is 2.19. The molecule has 0 aliphatic carbocycles. The molecule has 1 N–H and O–H groups in total. The van der Waals surface area contributed by atoms with E-state index in [4.69, 9.17) is 11.6 Å². The van der Waals surface area contributed by atoms with Gasteiger partial charge >= 0.3 is 0 Å². The molecule has 0 aliphatic rings. The summed E-state index contributed by atoms with van der Waals surface area (Å²) >= 11 is 5.75. The van der Waals surface area contributed by atoms with Crippen molar-refractivity contribution in [2.45, 2.75) is 6.54 Å². The Kier molecular flexibility index (Phi) is 4.87. The van der Waals surface area contributed by atoms with E-state index in [1.54, 1.807) is 6.20 Å². The van der Waals surface area contributed by atoms with E-state index in [2.05, 4.69) is 22.2 Å². The van der Waals surface area contributed by atoms with Crippen LogP contribution in [0.3, 0.4) is 0 Å². The molecular formula is C10H16ClN3.